The number of carbonyl (C=O) groups is 1. The number of rotatable bonds is 5. The Hall–Kier alpha value is -1.22. The van der Waals surface area contributed by atoms with Gasteiger partial charge in [0.1, 0.15) is 0 Å². The molecule has 0 bridgehead atoms. The molecule has 1 fully saturated rings. The van der Waals surface area contributed by atoms with Crippen molar-refractivity contribution in [2.45, 2.75) is 31.7 Å². The van der Waals surface area contributed by atoms with Crippen LogP contribution in [0.25, 0.3) is 0 Å². The highest BCUT2D eigenvalue weighted by atomic mass is 19.4. The fourth-order valence-electron chi connectivity index (χ4n) is 1.49. The lowest BCUT2D eigenvalue weighted by Crippen LogP contribution is -2.39. The van der Waals surface area contributed by atoms with Gasteiger partial charge in [-0.3, -0.25) is 0 Å². The maximum absolute atomic E-state index is 13.3. The third-order valence-corrected chi connectivity index (χ3v) is 2.42. The van der Waals surface area contributed by atoms with Crippen LogP contribution in [-0.2, 0) is 19.0 Å². The monoisotopic (exact) mass is 304 g/mol. The van der Waals surface area contributed by atoms with Crippen molar-refractivity contribution in [1.82, 2.24) is 0 Å². The predicted molar refractivity (Wildman–Crippen MR) is 56.0 cm³/mol. The standard InChI is InChI=1S/C11H13F5O4/c1-2-18-8(17)5-7(6-9-19-3-4-20-9)10(12,13)11(14,15)16/h5,9H,2-4,6H2,1H3/b7-5-. The van der Waals surface area contributed by atoms with Crippen molar-refractivity contribution in [2.24, 2.45) is 0 Å². The number of hydrogen-bond donors (Lipinski definition) is 0. The average molecular weight is 304 g/mol. The minimum atomic E-state index is -5.82. The summed E-state index contributed by atoms with van der Waals surface area (Å²) in [5.74, 6) is -6.43. The number of carbonyl (C=O) groups excluding carboxylic acids is 1. The van der Waals surface area contributed by atoms with Crippen LogP contribution in [0.3, 0.4) is 0 Å². The van der Waals surface area contributed by atoms with Crippen LogP contribution < -0.4 is 0 Å². The summed E-state index contributed by atoms with van der Waals surface area (Å²) in [6.07, 6.45) is -7.78. The second-order valence-corrected chi connectivity index (χ2v) is 3.87. The largest absolute Gasteiger partial charge is 0.463 e. The fourth-order valence-corrected chi connectivity index (χ4v) is 1.49. The Balaban J connectivity index is 2.96. The first-order valence-corrected chi connectivity index (χ1v) is 5.74. The summed E-state index contributed by atoms with van der Waals surface area (Å²) in [5.41, 5.74) is -1.45. The van der Waals surface area contributed by atoms with Gasteiger partial charge in [-0.15, -0.1) is 0 Å². The summed E-state index contributed by atoms with van der Waals surface area (Å²) in [4.78, 5) is 11.1. The Bertz CT molecular complexity index is 371. The molecule has 1 aliphatic heterocycles. The summed E-state index contributed by atoms with van der Waals surface area (Å²) >= 11 is 0. The molecule has 0 amide bonds. The molecule has 9 heteroatoms. The lowest BCUT2D eigenvalue weighted by Gasteiger charge is -2.24. The van der Waals surface area contributed by atoms with E-state index in [-0.39, 0.29) is 25.9 Å². The molecule has 116 valence electrons. The zero-order valence-corrected chi connectivity index (χ0v) is 10.5. The van der Waals surface area contributed by atoms with E-state index in [4.69, 9.17) is 9.47 Å². The van der Waals surface area contributed by atoms with Crippen molar-refractivity contribution >= 4 is 5.97 Å². The molecule has 20 heavy (non-hydrogen) atoms. The van der Waals surface area contributed by atoms with E-state index in [0.29, 0.717) is 0 Å². The van der Waals surface area contributed by atoms with Gasteiger partial charge in [0, 0.05) is 18.1 Å². The fraction of sp³-hybridized carbons (Fsp3) is 0.727. The van der Waals surface area contributed by atoms with Crippen LogP contribution in [0.5, 0.6) is 0 Å². The molecule has 0 N–H and O–H groups in total. The second-order valence-electron chi connectivity index (χ2n) is 3.87. The summed E-state index contributed by atoms with van der Waals surface area (Å²) < 4.78 is 77.8. The van der Waals surface area contributed by atoms with Crippen molar-refractivity contribution in [1.29, 1.82) is 0 Å². The van der Waals surface area contributed by atoms with Crippen LogP contribution in [0.4, 0.5) is 22.0 Å². The van der Waals surface area contributed by atoms with Crippen LogP contribution in [0.15, 0.2) is 11.6 Å². The van der Waals surface area contributed by atoms with Gasteiger partial charge in [0.15, 0.2) is 6.29 Å². The topological polar surface area (TPSA) is 44.8 Å². The number of halogens is 5. The van der Waals surface area contributed by atoms with Crippen LogP contribution in [0.1, 0.15) is 13.3 Å². The number of ether oxygens (including phenoxy) is 3. The highest BCUT2D eigenvalue weighted by Crippen LogP contribution is 2.43. The Morgan fingerprint density at radius 2 is 1.80 bits per heavy atom. The predicted octanol–water partition coefficient (Wildman–Crippen LogP) is 2.44. The van der Waals surface area contributed by atoms with E-state index in [0.717, 1.165) is 0 Å². The van der Waals surface area contributed by atoms with Gasteiger partial charge in [-0.2, -0.15) is 22.0 Å². The Kier molecular flexibility index (Phi) is 5.46. The normalized spacial score (nSPS) is 18.4. The molecule has 1 heterocycles. The molecule has 0 unspecified atom stereocenters. The molecule has 0 spiro atoms. The van der Waals surface area contributed by atoms with E-state index in [1.165, 1.54) is 6.92 Å². The van der Waals surface area contributed by atoms with E-state index in [1.807, 2.05) is 0 Å². The summed E-state index contributed by atoms with van der Waals surface area (Å²) in [6.45, 7) is 1.44. The van der Waals surface area contributed by atoms with Gasteiger partial charge >= 0.3 is 18.1 Å². The highest BCUT2D eigenvalue weighted by Gasteiger charge is 2.60. The molecular weight excluding hydrogens is 291 g/mol. The molecule has 0 saturated carbocycles. The van der Waals surface area contributed by atoms with E-state index >= 15 is 0 Å². The zero-order chi connectivity index (χ0) is 15.4. The molecule has 1 rings (SSSR count). The minimum Gasteiger partial charge on any atom is -0.463 e. The van der Waals surface area contributed by atoms with Crippen molar-refractivity contribution < 1.29 is 41.0 Å². The van der Waals surface area contributed by atoms with Crippen molar-refractivity contribution in [3.8, 4) is 0 Å². The SMILES string of the molecule is CCOC(=O)/C=C(/CC1OCCO1)C(F)(F)C(F)(F)F. The Morgan fingerprint density at radius 1 is 1.25 bits per heavy atom. The summed E-state index contributed by atoms with van der Waals surface area (Å²) in [6, 6.07) is 0. The lowest BCUT2D eigenvalue weighted by molar-refractivity contribution is -0.266. The molecule has 0 aromatic rings. The van der Waals surface area contributed by atoms with Crippen molar-refractivity contribution in [2.75, 3.05) is 19.8 Å². The van der Waals surface area contributed by atoms with E-state index in [1.54, 1.807) is 0 Å². The van der Waals surface area contributed by atoms with Crippen LogP contribution in [-0.4, -0.2) is 44.2 Å². The number of alkyl halides is 5. The highest BCUT2D eigenvalue weighted by molar-refractivity contribution is 5.83. The first-order chi connectivity index (χ1) is 9.18. The Morgan fingerprint density at radius 3 is 2.25 bits per heavy atom. The first kappa shape index (κ1) is 16.8. The molecule has 1 aliphatic rings. The van der Waals surface area contributed by atoms with E-state index < -0.39 is 36.4 Å². The Labute approximate surface area is 111 Å². The molecule has 0 atom stereocenters. The van der Waals surface area contributed by atoms with Gasteiger partial charge in [-0.05, 0) is 6.92 Å². The molecule has 1 saturated heterocycles. The molecule has 0 aromatic carbocycles. The smallest absolute Gasteiger partial charge is 0.457 e. The molecule has 0 radical (unpaired) electrons. The van der Waals surface area contributed by atoms with Crippen LogP contribution in [0.2, 0.25) is 0 Å². The quantitative estimate of drug-likeness (QED) is 0.444. The number of esters is 1. The average Bonchev–Trinajstić information content (AvgIpc) is 2.79. The molecule has 0 aromatic heterocycles. The van der Waals surface area contributed by atoms with Gasteiger partial charge in [-0.25, -0.2) is 4.79 Å². The third kappa shape index (κ3) is 4.14. The third-order valence-electron chi connectivity index (χ3n) is 2.42. The minimum absolute atomic E-state index is 0.0922. The van der Waals surface area contributed by atoms with Crippen molar-refractivity contribution in [3.05, 3.63) is 11.6 Å². The summed E-state index contributed by atoms with van der Waals surface area (Å²) in [7, 11) is 0. The van der Waals surface area contributed by atoms with Gasteiger partial charge in [0.2, 0.25) is 0 Å². The van der Waals surface area contributed by atoms with Crippen LogP contribution in [0, 0.1) is 0 Å². The van der Waals surface area contributed by atoms with Gasteiger partial charge < -0.3 is 14.2 Å². The molecule has 0 aliphatic carbocycles. The van der Waals surface area contributed by atoms with Gasteiger partial charge in [0.25, 0.3) is 0 Å². The number of hydrogen-bond acceptors (Lipinski definition) is 4. The zero-order valence-electron chi connectivity index (χ0n) is 10.5. The molecule has 4 nitrogen and oxygen atoms in total. The molecular formula is C11H13F5O4. The maximum atomic E-state index is 13.3. The van der Waals surface area contributed by atoms with Gasteiger partial charge in [0.05, 0.1) is 19.8 Å². The lowest BCUT2D eigenvalue weighted by atomic mass is 10.0. The second kappa shape index (κ2) is 6.49. The first-order valence-electron chi connectivity index (χ1n) is 5.74. The van der Waals surface area contributed by atoms with Crippen LogP contribution >= 0.6 is 0 Å². The van der Waals surface area contributed by atoms with Crippen molar-refractivity contribution in [3.63, 3.8) is 0 Å². The van der Waals surface area contributed by atoms with E-state index in [9.17, 15) is 26.7 Å². The van der Waals surface area contributed by atoms with E-state index in [2.05, 4.69) is 4.74 Å². The maximum Gasteiger partial charge on any atom is 0.457 e. The van der Waals surface area contributed by atoms with Gasteiger partial charge in [-0.1, -0.05) is 0 Å². The summed E-state index contributed by atoms with van der Waals surface area (Å²) in [5, 5.41) is 0.